The van der Waals surface area contributed by atoms with Gasteiger partial charge in [0, 0.05) is 5.56 Å². The molecule has 1 amide bonds. The number of benzene rings is 2. The van der Waals surface area contributed by atoms with E-state index in [4.69, 9.17) is 23.4 Å². The zero-order valence-corrected chi connectivity index (χ0v) is 18.1. The van der Waals surface area contributed by atoms with Gasteiger partial charge in [0.05, 0.1) is 21.3 Å². The first-order valence-corrected chi connectivity index (χ1v) is 9.61. The second kappa shape index (κ2) is 9.84. The number of aromatic nitrogens is 2. The Morgan fingerprint density at radius 1 is 1.00 bits per heavy atom. The van der Waals surface area contributed by atoms with Gasteiger partial charge in [-0.2, -0.15) is 0 Å². The van der Waals surface area contributed by atoms with Crippen LogP contribution in [0.25, 0.3) is 11.5 Å². The Balaban J connectivity index is 1.65. The van der Waals surface area contributed by atoms with Crippen LogP contribution in [0.15, 0.2) is 40.8 Å². The molecule has 3 aromatic rings. The van der Waals surface area contributed by atoms with Crippen molar-refractivity contribution in [3.05, 3.63) is 42.0 Å². The maximum atomic E-state index is 12.2. The number of anilines is 1. The van der Waals surface area contributed by atoms with Crippen LogP contribution in [0.5, 0.6) is 23.0 Å². The van der Waals surface area contributed by atoms with E-state index in [-0.39, 0.29) is 18.5 Å². The molecule has 0 aliphatic rings. The van der Waals surface area contributed by atoms with E-state index >= 15 is 0 Å². The van der Waals surface area contributed by atoms with Crippen molar-refractivity contribution < 1.29 is 28.2 Å². The van der Waals surface area contributed by atoms with Gasteiger partial charge in [-0.3, -0.25) is 10.1 Å². The third-order valence-electron chi connectivity index (χ3n) is 4.50. The zero-order chi connectivity index (χ0) is 22.4. The number of rotatable bonds is 9. The Labute approximate surface area is 180 Å². The molecule has 0 saturated carbocycles. The summed E-state index contributed by atoms with van der Waals surface area (Å²) in [6.07, 6.45) is 0. The van der Waals surface area contributed by atoms with Crippen LogP contribution < -0.4 is 24.3 Å². The lowest BCUT2D eigenvalue weighted by Crippen LogP contribution is -2.20. The molecule has 0 aliphatic carbocycles. The van der Waals surface area contributed by atoms with E-state index in [1.165, 1.54) is 26.9 Å². The Bertz CT molecular complexity index is 1000. The van der Waals surface area contributed by atoms with E-state index < -0.39 is 5.91 Å². The van der Waals surface area contributed by atoms with E-state index in [9.17, 15) is 4.79 Å². The van der Waals surface area contributed by atoms with Crippen molar-refractivity contribution in [3.8, 4) is 34.5 Å². The molecule has 2 aromatic carbocycles. The van der Waals surface area contributed by atoms with E-state index in [1.54, 1.807) is 12.1 Å². The van der Waals surface area contributed by atoms with Gasteiger partial charge in [0.1, 0.15) is 5.75 Å². The van der Waals surface area contributed by atoms with Crippen molar-refractivity contribution in [1.82, 2.24) is 10.2 Å². The lowest BCUT2D eigenvalue weighted by Gasteiger charge is -2.12. The predicted octanol–water partition coefficient (Wildman–Crippen LogP) is 3.90. The van der Waals surface area contributed by atoms with Gasteiger partial charge >= 0.3 is 6.01 Å². The first kappa shape index (κ1) is 21.9. The molecule has 0 radical (unpaired) electrons. The quantitative estimate of drug-likeness (QED) is 0.548. The van der Waals surface area contributed by atoms with Gasteiger partial charge in [0.25, 0.3) is 5.91 Å². The van der Waals surface area contributed by atoms with Gasteiger partial charge < -0.3 is 23.4 Å². The van der Waals surface area contributed by atoms with Crippen LogP contribution in [0, 0.1) is 0 Å². The molecule has 9 heteroatoms. The summed E-state index contributed by atoms with van der Waals surface area (Å²) in [5.74, 6) is 2.11. The fraction of sp³-hybridized carbons (Fsp3) is 0.318. The number of methoxy groups -OCH3 is 3. The summed E-state index contributed by atoms with van der Waals surface area (Å²) in [6.45, 7) is 4.03. The average molecular weight is 427 g/mol. The molecular weight excluding hydrogens is 402 g/mol. The van der Waals surface area contributed by atoms with Crippen LogP contribution in [-0.2, 0) is 4.79 Å². The van der Waals surface area contributed by atoms with Crippen LogP contribution in [0.4, 0.5) is 6.01 Å². The van der Waals surface area contributed by atoms with Crippen LogP contribution in [-0.4, -0.2) is 44.0 Å². The summed E-state index contributed by atoms with van der Waals surface area (Å²) in [5.41, 5.74) is 1.74. The molecule has 0 unspecified atom stereocenters. The molecule has 0 aliphatic heterocycles. The summed E-state index contributed by atoms with van der Waals surface area (Å²) < 4.78 is 27.0. The minimum atomic E-state index is -0.423. The molecule has 1 aromatic heterocycles. The maximum Gasteiger partial charge on any atom is 0.322 e. The SMILES string of the molecule is COc1cc(-c2nnc(NC(=O)COc3ccc(C(C)C)cc3)o2)cc(OC)c1OC. The molecular formula is C22H25N3O6. The van der Waals surface area contributed by atoms with Crippen molar-refractivity contribution >= 4 is 11.9 Å². The van der Waals surface area contributed by atoms with Crippen molar-refractivity contribution in [2.24, 2.45) is 0 Å². The van der Waals surface area contributed by atoms with Gasteiger partial charge in [0.2, 0.25) is 11.6 Å². The van der Waals surface area contributed by atoms with E-state index in [0.717, 1.165) is 0 Å². The first-order valence-electron chi connectivity index (χ1n) is 9.61. The van der Waals surface area contributed by atoms with Crippen molar-refractivity contribution in [1.29, 1.82) is 0 Å². The number of carbonyl (C=O) groups excluding carboxylic acids is 1. The average Bonchev–Trinajstić information content (AvgIpc) is 3.25. The standard InChI is InChI=1S/C22H25N3O6/c1-13(2)14-6-8-16(9-7-14)30-12-19(26)23-22-25-24-21(31-22)15-10-17(27-3)20(29-5)18(11-15)28-4/h6-11,13H,12H2,1-5H3,(H,23,25,26). The lowest BCUT2D eigenvalue weighted by atomic mass is 10.0. The summed E-state index contributed by atoms with van der Waals surface area (Å²) in [7, 11) is 4.54. The monoisotopic (exact) mass is 427 g/mol. The predicted molar refractivity (Wildman–Crippen MR) is 114 cm³/mol. The molecule has 1 heterocycles. The third-order valence-corrected chi connectivity index (χ3v) is 4.50. The van der Waals surface area contributed by atoms with Gasteiger partial charge in [-0.05, 0) is 35.7 Å². The Hall–Kier alpha value is -3.75. The summed E-state index contributed by atoms with van der Waals surface area (Å²) in [5, 5.41) is 10.3. The van der Waals surface area contributed by atoms with E-state index in [0.29, 0.717) is 34.5 Å². The Morgan fingerprint density at radius 3 is 2.19 bits per heavy atom. The van der Waals surface area contributed by atoms with Crippen molar-refractivity contribution in [2.45, 2.75) is 19.8 Å². The summed E-state index contributed by atoms with van der Waals surface area (Å²) >= 11 is 0. The van der Waals surface area contributed by atoms with Gasteiger partial charge in [0.15, 0.2) is 18.1 Å². The molecule has 1 N–H and O–H groups in total. The van der Waals surface area contributed by atoms with Crippen LogP contribution >= 0.6 is 0 Å². The third kappa shape index (κ3) is 5.25. The molecule has 3 rings (SSSR count). The molecule has 31 heavy (non-hydrogen) atoms. The Morgan fingerprint density at radius 2 is 1.65 bits per heavy atom. The second-order valence-electron chi connectivity index (χ2n) is 6.89. The number of hydrogen-bond donors (Lipinski definition) is 1. The first-order chi connectivity index (χ1) is 14.9. The van der Waals surface area contributed by atoms with Crippen LogP contribution in [0.1, 0.15) is 25.3 Å². The number of nitrogens with one attached hydrogen (secondary N) is 1. The van der Waals surface area contributed by atoms with Gasteiger partial charge in [-0.25, -0.2) is 0 Å². The Kier molecular flexibility index (Phi) is 6.96. The highest BCUT2D eigenvalue weighted by molar-refractivity contribution is 5.89. The molecule has 0 spiro atoms. The number of carbonyl (C=O) groups is 1. The smallest absolute Gasteiger partial charge is 0.322 e. The van der Waals surface area contributed by atoms with Gasteiger partial charge in [-0.15, -0.1) is 5.10 Å². The highest BCUT2D eigenvalue weighted by atomic mass is 16.5. The lowest BCUT2D eigenvalue weighted by molar-refractivity contribution is -0.118. The minimum Gasteiger partial charge on any atom is -0.493 e. The fourth-order valence-corrected chi connectivity index (χ4v) is 2.85. The number of ether oxygens (including phenoxy) is 4. The second-order valence-corrected chi connectivity index (χ2v) is 6.89. The molecule has 0 fully saturated rings. The highest BCUT2D eigenvalue weighted by Crippen LogP contribution is 2.41. The summed E-state index contributed by atoms with van der Waals surface area (Å²) in [6, 6.07) is 10.9. The number of hydrogen-bond acceptors (Lipinski definition) is 8. The summed E-state index contributed by atoms with van der Waals surface area (Å²) in [4.78, 5) is 12.2. The fourth-order valence-electron chi connectivity index (χ4n) is 2.85. The van der Waals surface area contributed by atoms with E-state index in [1.807, 2.05) is 24.3 Å². The molecule has 0 bridgehead atoms. The molecule has 164 valence electrons. The number of nitrogens with zero attached hydrogens (tertiary/aromatic N) is 2. The largest absolute Gasteiger partial charge is 0.493 e. The van der Waals surface area contributed by atoms with Crippen molar-refractivity contribution in [2.75, 3.05) is 33.3 Å². The van der Waals surface area contributed by atoms with Crippen LogP contribution in [0.3, 0.4) is 0 Å². The molecule has 0 saturated heterocycles. The topological polar surface area (TPSA) is 105 Å². The molecule has 0 atom stereocenters. The van der Waals surface area contributed by atoms with Gasteiger partial charge in [-0.1, -0.05) is 31.1 Å². The maximum absolute atomic E-state index is 12.2. The minimum absolute atomic E-state index is 0.0486. The zero-order valence-electron chi connectivity index (χ0n) is 18.1. The number of amides is 1. The van der Waals surface area contributed by atoms with Crippen molar-refractivity contribution in [3.63, 3.8) is 0 Å². The molecule has 9 nitrogen and oxygen atoms in total. The highest BCUT2D eigenvalue weighted by Gasteiger charge is 2.18. The normalized spacial score (nSPS) is 10.6. The van der Waals surface area contributed by atoms with E-state index in [2.05, 4.69) is 29.4 Å². The van der Waals surface area contributed by atoms with Crippen LogP contribution in [0.2, 0.25) is 0 Å².